The number of methoxy groups -OCH3 is 1. The fourth-order valence-corrected chi connectivity index (χ4v) is 2.10. The van der Waals surface area contributed by atoms with Crippen molar-refractivity contribution in [1.82, 2.24) is 5.01 Å². The lowest BCUT2D eigenvalue weighted by Crippen LogP contribution is -2.20. The summed E-state index contributed by atoms with van der Waals surface area (Å²) >= 11 is 0. The number of nitroso groups, excluding NO2 is 1. The Morgan fingerprint density at radius 2 is 1.94 bits per heavy atom. The molecular weight excluding hydrogens is 228 g/mol. The van der Waals surface area contributed by atoms with Crippen molar-refractivity contribution in [2.75, 3.05) is 20.7 Å². The summed E-state index contributed by atoms with van der Waals surface area (Å²) in [6.07, 6.45) is -0.168. The van der Waals surface area contributed by atoms with Gasteiger partial charge in [-0.1, -0.05) is 42.5 Å². The SMILES string of the molecule is COC(CN(C)N=O)c1cccc2ccccc12. The highest BCUT2D eigenvalue weighted by atomic mass is 16.5. The van der Waals surface area contributed by atoms with E-state index in [0.29, 0.717) is 6.54 Å². The largest absolute Gasteiger partial charge is 0.375 e. The first-order valence-electron chi connectivity index (χ1n) is 5.81. The van der Waals surface area contributed by atoms with Crippen molar-refractivity contribution in [3.63, 3.8) is 0 Å². The molecule has 2 aromatic carbocycles. The number of rotatable bonds is 5. The Balaban J connectivity index is 2.41. The number of hydrogen-bond donors (Lipinski definition) is 0. The molecule has 18 heavy (non-hydrogen) atoms. The molecule has 0 fully saturated rings. The summed E-state index contributed by atoms with van der Waals surface area (Å²) in [5.41, 5.74) is 1.08. The summed E-state index contributed by atoms with van der Waals surface area (Å²) in [7, 11) is 3.29. The second kappa shape index (κ2) is 5.60. The number of likely N-dealkylation sites (N-methyl/N-ethyl adjacent to an activating group) is 1. The normalized spacial score (nSPS) is 12.3. The van der Waals surface area contributed by atoms with Gasteiger partial charge in [-0.25, -0.2) is 0 Å². The maximum Gasteiger partial charge on any atom is 0.102 e. The van der Waals surface area contributed by atoms with Gasteiger partial charge in [0.15, 0.2) is 0 Å². The predicted molar refractivity (Wildman–Crippen MR) is 72.1 cm³/mol. The molecule has 0 heterocycles. The van der Waals surface area contributed by atoms with E-state index in [9.17, 15) is 4.91 Å². The summed E-state index contributed by atoms with van der Waals surface area (Å²) in [4.78, 5) is 10.5. The van der Waals surface area contributed by atoms with Crippen LogP contribution >= 0.6 is 0 Å². The van der Waals surface area contributed by atoms with Crippen molar-refractivity contribution in [1.29, 1.82) is 0 Å². The second-order valence-electron chi connectivity index (χ2n) is 4.21. The summed E-state index contributed by atoms with van der Waals surface area (Å²) in [6, 6.07) is 14.2. The minimum atomic E-state index is -0.168. The van der Waals surface area contributed by atoms with Crippen LogP contribution in [0.2, 0.25) is 0 Å². The van der Waals surface area contributed by atoms with Crippen molar-refractivity contribution >= 4 is 10.8 Å². The third kappa shape index (κ3) is 2.49. The molecule has 0 radical (unpaired) electrons. The molecule has 2 aromatic rings. The van der Waals surface area contributed by atoms with Crippen molar-refractivity contribution in [3.8, 4) is 0 Å². The summed E-state index contributed by atoms with van der Waals surface area (Å²) in [5, 5.41) is 6.54. The van der Waals surface area contributed by atoms with Crippen molar-refractivity contribution in [2.45, 2.75) is 6.10 Å². The number of nitrogens with zero attached hydrogens (tertiary/aromatic N) is 2. The molecule has 1 atom stereocenters. The molecular formula is C14H16N2O2. The van der Waals surface area contributed by atoms with Crippen LogP contribution in [0.15, 0.2) is 47.8 Å². The van der Waals surface area contributed by atoms with Crippen LogP contribution in [0.1, 0.15) is 11.7 Å². The van der Waals surface area contributed by atoms with Crippen LogP contribution < -0.4 is 0 Å². The molecule has 4 heteroatoms. The topological polar surface area (TPSA) is 41.9 Å². The monoisotopic (exact) mass is 244 g/mol. The van der Waals surface area contributed by atoms with Gasteiger partial charge < -0.3 is 4.74 Å². The molecule has 0 N–H and O–H groups in total. The zero-order chi connectivity index (χ0) is 13.0. The van der Waals surface area contributed by atoms with Gasteiger partial charge in [-0.15, -0.1) is 4.91 Å². The standard InChI is InChI=1S/C14H16N2O2/c1-16(15-17)10-14(18-2)13-9-5-7-11-6-3-4-8-12(11)13/h3-9,14H,10H2,1-2H3. The lowest BCUT2D eigenvalue weighted by molar-refractivity contribution is 0.0730. The van der Waals surface area contributed by atoms with Crippen LogP contribution in [0.4, 0.5) is 0 Å². The maximum absolute atomic E-state index is 10.5. The van der Waals surface area contributed by atoms with E-state index in [2.05, 4.69) is 23.5 Å². The number of hydrogen-bond acceptors (Lipinski definition) is 3. The van der Waals surface area contributed by atoms with Crippen molar-refractivity contribution < 1.29 is 4.74 Å². The van der Waals surface area contributed by atoms with Gasteiger partial charge in [-0.2, -0.15) is 0 Å². The molecule has 4 nitrogen and oxygen atoms in total. The zero-order valence-corrected chi connectivity index (χ0v) is 10.5. The first-order valence-corrected chi connectivity index (χ1v) is 5.81. The quantitative estimate of drug-likeness (QED) is 0.599. The minimum absolute atomic E-state index is 0.168. The Bertz CT molecular complexity index is 537. The Hall–Kier alpha value is -1.94. The Morgan fingerprint density at radius 3 is 2.67 bits per heavy atom. The van der Waals surface area contributed by atoms with Crippen molar-refractivity contribution in [3.05, 3.63) is 52.9 Å². The van der Waals surface area contributed by atoms with Gasteiger partial charge in [0, 0.05) is 14.2 Å². The first-order chi connectivity index (χ1) is 8.76. The minimum Gasteiger partial charge on any atom is -0.375 e. The first kappa shape index (κ1) is 12.5. The molecule has 0 bridgehead atoms. The Labute approximate surface area is 106 Å². The van der Waals surface area contributed by atoms with E-state index in [0.717, 1.165) is 10.9 Å². The molecule has 94 valence electrons. The predicted octanol–water partition coefficient (Wildman–Crippen LogP) is 3.14. The van der Waals surface area contributed by atoms with Gasteiger partial charge >= 0.3 is 0 Å². The fraction of sp³-hybridized carbons (Fsp3) is 0.286. The average Bonchev–Trinajstić information content (AvgIpc) is 2.44. The molecule has 0 aromatic heterocycles. The van der Waals surface area contributed by atoms with Gasteiger partial charge in [0.1, 0.15) is 6.10 Å². The highest BCUT2D eigenvalue weighted by molar-refractivity contribution is 5.86. The molecule has 0 aliphatic heterocycles. The molecule has 0 spiro atoms. The Kier molecular flexibility index (Phi) is 3.89. The van der Waals surface area contributed by atoms with E-state index >= 15 is 0 Å². The highest BCUT2D eigenvalue weighted by Gasteiger charge is 2.15. The van der Waals surface area contributed by atoms with Crippen LogP contribution in [0, 0.1) is 4.91 Å². The van der Waals surface area contributed by atoms with Crippen LogP contribution in [-0.2, 0) is 4.74 Å². The van der Waals surface area contributed by atoms with Crippen LogP contribution in [0.25, 0.3) is 10.8 Å². The van der Waals surface area contributed by atoms with Gasteiger partial charge in [0.25, 0.3) is 0 Å². The van der Waals surface area contributed by atoms with Crippen molar-refractivity contribution in [2.24, 2.45) is 5.29 Å². The van der Waals surface area contributed by atoms with E-state index in [1.54, 1.807) is 14.2 Å². The van der Waals surface area contributed by atoms with Crippen LogP contribution in [-0.4, -0.2) is 25.7 Å². The van der Waals surface area contributed by atoms with Gasteiger partial charge in [0.05, 0.1) is 11.8 Å². The second-order valence-corrected chi connectivity index (χ2v) is 4.21. The molecule has 1 unspecified atom stereocenters. The Morgan fingerprint density at radius 1 is 1.22 bits per heavy atom. The fourth-order valence-electron chi connectivity index (χ4n) is 2.10. The molecule has 0 saturated carbocycles. The third-order valence-electron chi connectivity index (χ3n) is 3.02. The average molecular weight is 244 g/mol. The third-order valence-corrected chi connectivity index (χ3v) is 3.02. The van der Waals surface area contributed by atoms with E-state index in [1.807, 2.05) is 24.3 Å². The smallest absolute Gasteiger partial charge is 0.102 e. The van der Waals surface area contributed by atoms with Crippen LogP contribution in [0.3, 0.4) is 0 Å². The lowest BCUT2D eigenvalue weighted by Gasteiger charge is -2.20. The zero-order valence-electron chi connectivity index (χ0n) is 10.5. The maximum atomic E-state index is 10.5. The highest BCUT2D eigenvalue weighted by Crippen LogP contribution is 2.26. The molecule has 0 saturated heterocycles. The molecule has 0 amide bonds. The number of benzene rings is 2. The summed E-state index contributed by atoms with van der Waals surface area (Å²) in [6.45, 7) is 0.438. The van der Waals surface area contributed by atoms with E-state index in [-0.39, 0.29) is 6.10 Å². The van der Waals surface area contributed by atoms with E-state index < -0.39 is 0 Å². The van der Waals surface area contributed by atoms with Gasteiger partial charge in [0.2, 0.25) is 0 Å². The van der Waals surface area contributed by atoms with Gasteiger partial charge in [-0.05, 0) is 16.3 Å². The summed E-state index contributed by atoms with van der Waals surface area (Å²) in [5.74, 6) is 0. The molecule has 0 aliphatic carbocycles. The molecule has 2 rings (SSSR count). The number of ether oxygens (including phenoxy) is 1. The summed E-state index contributed by atoms with van der Waals surface area (Å²) < 4.78 is 5.48. The van der Waals surface area contributed by atoms with E-state index in [1.165, 1.54) is 10.4 Å². The van der Waals surface area contributed by atoms with Gasteiger partial charge in [-0.3, -0.25) is 5.01 Å². The lowest BCUT2D eigenvalue weighted by atomic mass is 10.0. The number of fused-ring (bicyclic) bond motifs is 1. The van der Waals surface area contributed by atoms with Crippen LogP contribution in [0.5, 0.6) is 0 Å². The van der Waals surface area contributed by atoms with E-state index in [4.69, 9.17) is 4.74 Å². The molecule has 0 aliphatic rings.